The van der Waals surface area contributed by atoms with Gasteiger partial charge in [-0.1, -0.05) is 6.07 Å². The van der Waals surface area contributed by atoms with Crippen molar-refractivity contribution in [1.82, 2.24) is 0 Å². The molecule has 1 aromatic rings. The van der Waals surface area contributed by atoms with E-state index in [-0.39, 0.29) is 6.07 Å². The van der Waals surface area contributed by atoms with E-state index in [1.807, 2.05) is 0 Å². The van der Waals surface area contributed by atoms with Crippen LogP contribution in [0.25, 0.3) is 0 Å². The van der Waals surface area contributed by atoms with Gasteiger partial charge in [0.05, 0.1) is 5.69 Å². The van der Waals surface area contributed by atoms with Gasteiger partial charge in [-0.25, -0.2) is 0 Å². The average Bonchev–Trinajstić information content (AvgIpc) is 2.72. The van der Waals surface area contributed by atoms with Crippen LogP contribution in [0.5, 0.6) is 0 Å². The van der Waals surface area contributed by atoms with Crippen molar-refractivity contribution in [3.05, 3.63) is 29.5 Å². The minimum Gasteiger partial charge on any atom is -0.733 e. The number of carbonyl (C=O) groups excluding carboxylic acids is 1. The maximum atomic E-state index is 13.8. The van der Waals surface area contributed by atoms with E-state index in [1.165, 1.54) is 0 Å². The molecule has 0 spiro atoms. The van der Waals surface area contributed by atoms with Gasteiger partial charge in [0.1, 0.15) is 0 Å². The number of hydrogen-bond acceptors (Lipinski definition) is 4. The van der Waals surface area contributed by atoms with Crippen LogP contribution in [0.4, 0.5) is 86.0 Å². The Balaban J connectivity index is 3.57. The van der Waals surface area contributed by atoms with Gasteiger partial charge in [-0.3, -0.25) is 10.0 Å². The Morgan fingerprint density at radius 2 is 1.05 bits per heavy atom. The molecule has 0 fully saturated rings. The third kappa shape index (κ3) is 4.56. The molecule has 0 saturated heterocycles. The molecule has 0 atom stereocenters. The highest BCUT2D eigenvalue weighted by atomic mass is 19.4. The SMILES string of the molecule is O=C(Nc1cccc(N([O-])O)c1)C(F)(F)C(F)(F)C(F)(F)C(F)(F)C(F)(F)C(F)(F)C(F)(F)C(F)(F)F. The summed E-state index contributed by atoms with van der Waals surface area (Å²) in [5, 5.41) is 18.8. The van der Waals surface area contributed by atoms with Crippen LogP contribution in [0.1, 0.15) is 0 Å². The third-order valence-electron chi connectivity index (χ3n) is 4.33. The zero-order valence-corrected chi connectivity index (χ0v) is 16.4. The fraction of sp³-hybridized carbons (Fsp3) is 0.533. The molecule has 37 heavy (non-hydrogen) atoms. The summed E-state index contributed by atoms with van der Waals surface area (Å²) in [5.74, 6) is -62.5. The molecule has 2 N–H and O–H groups in total. The lowest BCUT2D eigenvalue weighted by Crippen LogP contribution is -2.75. The van der Waals surface area contributed by atoms with Crippen LogP contribution in [-0.4, -0.2) is 58.7 Å². The standard InChI is InChI=1S/C15H6F17N2O3/c16-8(17,7(35)33-5-2-1-3-6(4-5)34(36)37)9(18,19)10(20,21)11(22,23)12(24,25)13(26,27)14(28,29)15(30,31)32/h1-4,36H,(H,33,35)/q-1. The van der Waals surface area contributed by atoms with Gasteiger partial charge in [-0.15, -0.1) is 0 Å². The average molecular weight is 585 g/mol. The lowest BCUT2D eigenvalue weighted by molar-refractivity contribution is -0.459. The van der Waals surface area contributed by atoms with Crippen LogP contribution in [0.2, 0.25) is 0 Å². The Kier molecular flexibility index (Phi) is 7.76. The molecule has 0 aliphatic heterocycles. The normalized spacial score (nSPS) is 15.0. The largest absolute Gasteiger partial charge is 0.733 e. The van der Waals surface area contributed by atoms with E-state index in [0.717, 1.165) is 0 Å². The van der Waals surface area contributed by atoms with Gasteiger partial charge in [0.15, 0.2) is 0 Å². The van der Waals surface area contributed by atoms with Crippen LogP contribution in [0.15, 0.2) is 24.3 Å². The fourth-order valence-electron chi connectivity index (χ4n) is 2.22. The minimum absolute atomic E-state index is 0.153. The number of halogens is 17. The molecule has 0 heterocycles. The lowest BCUT2D eigenvalue weighted by Gasteiger charge is -2.42. The highest BCUT2D eigenvalue weighted by Gasteiger charge is 2.95. The molecule has 1 amide bonds. The van der Waals surface area contributed by atoms with E-state index in [9.17, 15) is 84.6 Å². The summed E-state index contributed by atoms with van der Waals surface area (Å²) in [6.07, 6.45) is -7.87. The molecule has 5 nitrogen and oxygen atoms in total. The summed E-state index contributed by atoms with van der Waals surface area (Å²) in [6.45, 7) is 0. The Labute approximate surface area is 190 Å². The molecule has 1 aromatic carbocycles. The van der Waals surface area contributed by atoms with Crippen molar-refractivity contribution in [1.29, 1.82) is 0 Å². The van der Waals surface area contributed by atoms with Gasteiger partial charge in [-0.2, -0.15) is 74.6 Å². The second kappa shape index (κ2) is 8.91. The van der Waals surface area contributed by atoms with Gasteiger partial charge >= 0.3 is 53.5 Å². The van der Waals surface area contributed by atoms with Gasteiger partial charge in [0.2, 0.25) is 0 Å². The topological polar surface area (TPSA) is 75.6 Å². The Morgan fingerprint density at radius 1 is 0.676 bits per heavy atom. The minimum atomic E-state index is -8.81. The predicted molar refractivity (Wildman–Crippen MR) is 83.4 cm³/mol. The monoisotopic (exact) mass is 585 g/mol. The Bertz CT molecular complexity index is 1010. The molecule has 0 radical (unpaired) electrons. The molecule has 0 unspecified atom stereocenters. The molecule has 0 bridgehead atoms. The first kappa shape index (κ1) is 32.2. The molecular formula is C15H6F17N2O3-. The summed E-state index contributed by atoms with van der Waals surface area (Å²) >= 11 is 0. The predicted octanol–water partition coefficient (Wildman–Crippen LogP) is 6.33. The van der Waals surface area contributed by atoms with Crippen molar-refractivity contribution in [2.24, 2.45) is 0 Å². The smallest absolute Gasteiger partial charge is 0.460 e. The molecule has 0 aliphatic carbocycles. The van der Waals surface area contributed by atoms with Crippen molar-refractivity contribution < 1.29 is 84.6 Å². The fourth-order valence-corrected chi connectivity index (χ4v) is 2.22. The van der Waals surface area contributed by atoms with Gasteiger partial charge in [-0.05, 0) is 18.2 Å². The second-order valence-electron chi connectivity index (χ2n) is 6.80. The van der Waals surface area contributed by atoms with Crippen molar-refractivity contribution in [3.8, 4) is 0 Å². The molecule has 1 rings (SSSR count). The molecular weight excluding hydrogens is 579 g/mol. The first-order chi connectivity index (χ1) is 16.1. The maximum Gasteiger partial charge on any atom is 0.460 e. The number of carbonyl (C=O) groups is 1. The zero-order chi connectivity index (χ0) is 29.8. The Hall–Kier alpha value is -2.78. The van der Waals surface area contributed by atoms with E-state index < -0.39 is 70.1 Å². The lowest BCUT2D eigenvalue weighted by atomic mass is 9.89. The number of alkyl halides is 17. The third-order valence-corrected chi connectivity index (χ3v) is 4.33. The highest BCUT2D eigenvalue weighted by Crippen LogP contribution is 2.64. The van der Waals surface area contributed by atoms with Crippen molar-refractivity contribution in [3.63, 3.8) is 0 Å². The van der Waals surface area contributed by atoms with E-state index in [1.54, 1.807) is 0 Å². The number of anilines is 2. The number of hydrogen-bond donors (Lipinski definition) is 2. The number of nitrogens with zero attached hydrogens (tertiary/aromatic N) is 1. The molecule has 0 aromatic heterocycles. The summed E-state index contributed by atoms with van der Waals surface area (Å²) in [7, 11) is 0. The van der Waals surface area contributed by atoms with Gasteiger partial charge in [0.25, 0.3) is 0 Å². The van der Waals surface area contributed by atoms with Crippen molar-refractivity contribution in [2.75, 3.05) is 10.5 Å². The van der Waals surface area contributed by atoms with E-state index in [4.69, 9.17) is 5.21 Å². The quantitative estimate of drug-likeness (QED) is 0.263. The van der Waals surface area contributed by atoms with Crippen LogP contribution in [0.3, 0.4) is 0 Å². The summed E-state index contributed by atoms with van der Waals surface area (Å²) in [6, 6.07) is 1.79. The Morgan fingerprint density at radius 3 is 1.43 bits per heavy atom. The van der Waals surface area contributed by atoms with Crippen molar-refractivity contribution in [2.45, 2.75) is 47.6 Å². The summed E-state index contributed by atoms with van der Waals surface area (Å²) < 4.78 is 224. The molecule has 0 aliphatic rings. The second-order valence-corrected chi connectivity index (χ2v) is 6.80. The van der Waals surface area contributed by atoms with E-state index in [2.05, 4.69) is 0 Å². The number of rotatable bonds is 9. The summed E-state index contributed by atoms with van der Waals surface area (Å²) in [4.78, 5) is 11.4. The van der Waals surface area contributed by atoms with Crippen molar-refractivity contribution >= 4 is 17.3 Å². The highest BCUT2D eigenvalue weighted by molar-refractivity contribution is 5.97. The van der Waals surface area contributed by atoms with Crippen LogP contribution >= 0.6 is 0 Å². The number of benzene rings is 1. The first-order valence-electron chi connectivity index (χ1n) is 8.34. The first-order valence-corrected chi connectivity index (χ1v) is 8.34. The maximum absolute atomic E-state index is 13.8. The van der Waals surface area contributed by atoms with Gasteiger partial charge in [0, 0.05) is 5.69 Å². The molecule has 22 heteroatoms. The molecule has 214 valence electrons. The number of nitrogens with one attached hydrogen (secondary N) is 1. The van der Waals surface area contributed by atoms with Crippen LogP contribution in [0, 0.1) is 5.21 Å². The number of amides is 1. The van der Waals surface area contributed by atoms with E-state index in [0.29, 0.717) is 23.5 Å². The van der Waals surface area contributed by atoms with Crippen LogP contribution in [-0.2, 0) is 4.79 Å². The van der Waals surface area contributed by atoms with Crippen LogP contribution < -0.4 is 10.5 Å². The molecule has 0 saturated carbocycles. The zero-order valence-electron chi connectivity index (χ0n) is 16.4. The summed E-state index contributed by atoms with van der Waals surface area (Å²) in [5.41, 5.74) is -2.23. The van der Waals surface area contributed by atoms with Gasteiger partial charge < -0.3 is 15.8 Å². The van der Waals surface area contributed by atoms with E-state index >= 15 is 0 Å².